The van der Waals surface area contributed by atoms with Gasteiger partial charge in [0, 0.05) is 0 Å². The van der Waals surface area contributed by atoms with Crippen molar-refractivity contribution < 1.29 is 0 Å². The predicted molar refractivity (Wildman–Crippen MR) is 53.8 cm³/mol. The highest BCUT2D eigenvalue weighted by molar-refractivity contribution is 8.01. The minimum Gasteiger partial charge on any atom is -0.229 e. The van der Waals surface area contributed by atoms with Crippen LogP contribution in [0.15, 0.2) is 30.3 Å². The van der Waals surface area contributed by atoms with Gasteiger partial charge in [-0.15, -0.1) is 0 Å². The largest absolute Gasteiger partial charge is 0.256 e. The van der Waals surface area contributed by atoms with E-state index < -0.39 is 0 Å². The first-order valence-corrected chi connectivity index (χ1v) is 4.90. The Hall–Kier alpha value is -0.940. The number of benzene rings is 1. The standard InChI is InChI=1S/C10H11NS/c1-11-12-9-5-8-10-6-3-2-4-7-10/h2-4,6-7H,5,8-9H2. The van der Waals surface area contributed by atoms with E-state index in [-0.39, 0.29) is 0 Å². The summed E-state index contributed by atoms with van der Waals surface area (Å²) in [5.74, 6) is 0.943. The molecule has 62 valence electrons. The Bertz CT molecular complexity index is 250. The molecule has 0 saturated carbocycles. The van der Waals surface area contributed by atoms with Crippen LogP contribution < -0.4 is 0 Å². The molecule has 12 heavy (non-hydrogen) atoms. The van der Waals surface area contributed by atoms with Crippen molar-refractivity contribution in [1.29, 1.82) is 0 Å². The van der Waals surface area contributed by atoms with Crippen molar-refractivity contribution in [2.45, 2.75) is 12.8 Å². The lowest BCUT2D eigenvalue weighted by molar-refractivity contribution is 0.935. The Morgan fingerprint density at radius 3 is 2.67 bits per heavy atom. The summed E-state index contributed by atoms with van der Waals surface area (Å²) in [6.45, 7) is 6.57. The fourth-order valence-corrected chi connectivity index (χ4v) is 1.40. The van der Waals surface area contributed by atoms with Crippen molar-refractivity contribution in [3.8, 4) is 0 Å². The second kappa shape index (κ2) is 5.68. The molecule has 1 aromatic rings. The molecular formula is C10H11NS. The lowest BCUT2D eigenvalue weighted by Gasteiger charge is -1.95. The van der Waals surface area contributed by atoms with Gasteiger partial charge in [-0.05, 0) is 18.4 Å². The van der Waals surface area contributed by atoms with Gasteiger partial charge in [0.05, 0.1) is 5.75 Å². The van der Waals surface area contributed by atoms with Crippen LogP contribution in [0.4, 0.5) is 0 Å². The van der Waals surface area contributed by atoms with Gasteiger partial charge in [-0.1, -0.05) is 30.3 Å². The van der Waals surface area contributed by atoms with Gasteiger partial charge in [0.2, 0.25) is 0 Å². The van der Waals surface area contributed by atoms with Gasteiger partial charge >= 0.3 is 0 Å². The minimum atomic E-state index is 0.943. The van der Waals surface area contributed by atoms with Gasteiger partial charge in [-0.3, -0.25) is 0 Å². The van der Waals surface area contributed by atoms with E-state index in [0.717, 1.165) is 18.6 Å². The lowest BCUT2D eigenvalue weighted by Crippen LogP contribution is -1.85. The first kappa shape index (κ1) is 9.15. The molecule has 0 spiro atoms. The second-order valence-corrected chi connectivity index (χ2v) is 3.36. The summed E-state index contributed by atoms with van der Waals surface area (Å²) in [5, 5.41) is 0. The summed E-state index contributed by atoms with van der Waals surface area (Å²) in [5.41, 5.74) is 1.36. The Kier molecular flexibility index (Phi) is 4.33. The molecule has 0 aliphatic rings. The third-order valence-electron chi connectivity index (χ3n) is 1.61. The quantitative estimate of drug-likeness (QED) is 0.388. The van der Waals surface area contributed by atoms with Gasteiger partial charge in [0.25, 0.3) is 11.9 Å². The average molecular weight is 177 g/mol. The normalized spacial score (nSPS) is 9.25. The Labute approximate surface area is 77.8 Å². The van der Waals surface area contributed by atoms with Crippen LogP contribution in [0.5, 0.6) is 0 Å². The van der Waals surface area contributed by atoms with Gasteiger partial charge in [-0.2, -0.15) is 0 Å². The molecule has 0 aliphatic heterocycles. The molecule has 0 amide bonds. The number of nitrogens with zero attached hydrogens (tertiary/aromatic N) is 1. The third kappa shape index (κ3) is 3.45. The Morgan fingerprint density at radius 2 is 2.00 bits per heavy atom. The molecule has 0 atom stereocenters. The van der Waals surface area contributed by atoms with E-state index in [0.29, 0.717) is 0 Å². The maximum atomic E-state index is 6.57. The maximum absolute atomic E-state index is 6.57. The molecule has 0 aliphatic carbocycles. The Morgan fingerprint density at radius 1 is 1.25 bits per heavy atom. The third-order valence-corrected chi connectivity index (χ3v) is 2.21. The molecule has 0 saturated heterocycles. The van der Waals surface area contributed by atoms with E-state index in [1.165, 1.54) is 17.5 Å². The SMILES string of the molecule is [C-]#[N+]SCCCc1ccccc1. The van der Waals surface area contributed by atoms with E-state index in [1.807, 2.05) is 6.07 Å². The minimum absolute atomic E-state index is 0.943. The molecule has 1 aromatic carbocycles. The molecule has 0 bridgehead atoms. The van der Waals surface area contributed by atoms with E-state index in [1.54, 1.807) is 0 Å². The molecule has 0 fully saturated rings. The summed E-state index contributed by atoms with van der Waals surface area (Å²) in [6, 6.07) is 10.4. The van der Waals surface area contributed by atoms with Gasteiger partial charge in [0.1, 0.15) is 0 Å². The monoisotopic (exact) mass is 177 g/mol. The van der Waals surface area contributed by atoms with Crippen LogP contribution >= 0.6 is 11.9 Å². The van der Waals surface area contributed by atoms with Crippen LogP contribution in [-0.4, -0.2) is 5.75 Å². The van der Waals surface area contributed by atoms with E-state index in [4.69, 9.17) is 6.57 Å². The highest BCUT2D eigenvalue weighted by Crippen LogP contribution is 2.07. The average Bonchev–Trinajstić information content (AvgIpc) is 2.14. The van der Waals surface area contributed by atoms with Crippen LogP contribution in [0.25, 0.3) is 4.25 Å². The van der Waals surface area contributed by atoms with Crippen LogP contribution in [-0.2, 0) is 6.42 Å². The van der Waals surface area contributed by atoms with Crippen molar-refractivity contribution in [3.63, 3.8) is 0 Å². The van der Waals surface area contributed by atoms with Gasteiger partial charge in [0.15, 0.2) is 0 Å². The molecule has 1 nitrogen and oxygen atoms in total. The summed E-state index contributed by atoms with van der Waals surface area (Å²) in [6.07, 6.45) is 2.18. The fourth-order valence-electron chi connectivity index (χ4n) is 1.03. The number of aryl methyl sites for hydroxylation is 1. The van der Waals surface area contributed by atoms with Crippen LogP contribution in [0.3, 0.4) is 0 Å². The van der Waals surface area contributed by atoms with Gasteiger partial charge < -0.3 is 0 Å². The molecule has 0 unspecified atom stereocenters. The fraction of sp³-hybridized carbons (Fsp3) is 0.300. The van der Waals surface area contributed by atoms with Crippen LogP contribution in [0.2, 0.25) is 0 Å². The van der Waals surface area contributed by atoms with Gasteiger partial charge in [-0.25, -0.2) is 10.8 Å². The van der Waals surface area contributed by atoms with Crippen LogP contribution in [0, 0.1) is 6.57 Å². The number of hydrogen-bond donors (Lipinski definition) is 0. The van der Waals surface area contributed by atoms with Crippen molar-refractivity contribution in [2.75, 3.05) is 5.75 Å². The smallest absolute Gasteiger partial charge is 0.229 e. The van der Waals surface area contributed by atoms with Crippen molar-refractivity contribution >= 4 is 11.9 Å². The van der Waals surface area contributed by atoms with Crippen molar-refractivity contribution in [1.82, 2.24) is 0 Å². The predicted octanol–water partition coefficient (Wildman–Crippen LogP) is 3.19. The molecule has 0 heterocycles. The highest BCUT2D eigenvalue weighted by atomic mass is 32.2. The Balaban J connectivity index is 2.21. The van der Waals surface area contributed by atoms with E-state index in [9.17, 15) is 0 Å². The summed E-state index contributed by atoms with van der Waals surface area (Å²) >= 11 is 1.32. The molecule has 1 rings (SSSR count). The molecular weight excluding hydrogens is 166 g/mol. The first-order chi connectivity index (χ1) is 5.93. The molecule has 0 radical (unpaired) electrons. The van der Waals surface area contributed by atoms with Crippen LogP contribution in [0.1, 0.15) is 12.0 Å². The van der Waals surface area contributed by atoms with E-state index in [2.05, 4.69) is 28.5 Å². The number of hydrogen-bond acceptors (Lipinski definition) is 1. The topological polar surface area (TPSA) is 4.36 Å². The number of rotatable bonds is 4. The zero-order valence-corrected chi connectivity index (χ0v) is 7.68. The summed E-state index contributed by atoms with van der Waals surface area (Å²) in [7, 11) is 0. The van der Waals surface area contributed by atoms with Crippen molar-refractivity contribution in [2.24, 2.45) is 0 Å². The van der Waals surface area contributed by atoms with E-state index >= 15 is 0 Å². The summed E-state index contributed by atoms with van der Waals surface area (Å²) < 4.78 is 3.23. The molecule has 2 heteroatoms. The molecule has 0 N–H and O–H groups in total. The maximum Gasteiger partial charge on any atom is 0.256 e. The molecule has 0 aromatic heterocycles. The summed E-state index contributed by atoms with van der Waals surface area (Å²) in [4.78, 5) is 0. The lowest BCUT2D eigenvalue weighted by atomic mass is 10.1. The second-order valence-electron chi connectivity index (χ2n) is 2.51. The van der Waals surface area contributed by atoms with Crippen molar-refractivity contribution in [3.05, 3.63) is 46.7 Å². The zero-order chi connectivity index (χ0) is 8.65. The zero-order valence-electron chi connectivity index (χ0n) is 6.86. The first-order valence-electron chi connectivity index (χ1n) is 3.96. The highest BCUT2D eigenvalue weighted by Gasteiger charge is 1.94.